The summed E-state index contributed by atoms with van der Waals surface area (Å²) in [6, 6.07) is 15.2. The maximum atomic E-state index is 13.4. The molecule has 0 N–H and O–H groups in total. The van der Waals surface area contributed by atoms with E-state index < -0.39 is 5.60 Å². The van der Waals surface area contributed by atoms with Crippen LogP contribution >= 0.6 is 0 Å². The Morgan fingerprint density at radius 2 is 1.87 bits per heavy atom. The van der Waals surface area contributed by atoms with E-state index in [1.807, 2.05) is 18.2 Å². The molecule has 23 heavy (non-hydrogen) atoms. The molecule has 0 radical (unpaired) electrons. The smallest absolute Gasteiger partial charge is 0.123 e. The molecule has 0 spiro atoms. The van der Waals surface area contributed by atoms with Gasteiger partial charge in [-0.1, -0.05) is 43.3 Å². The molecule has 0 saturated carbocycles. The lowest BCUT2D eigenvalue weighted by molar-refractivity contribution is -0.0142. The molecule has 1 heterocycles. The number of hydrogen-bond acceptors (Lipinski definition) is 2. The van der Waals surface area contributed by atoms with Crippen molar-refractivity contribution in [1.29, 1.82) is 0 Å². The van der Waals surface area contributed by atoms with Gasteiger partial charge in [0, 0.05) is 0 Å². The molecule has 2 nitrogen and oxygen atoms in total. The van der Waals surface area contributed by atoms with Crippen molar-refractivity contribution in [3.05, 3.63) is 71.0 Å². The molecule has 0 bridgehead atoms. The van der Waals surface area contributed by atoms with Crippen LogP contribution in [0, 0.1) is 5.82 Å². The highest BCUT2D eigenvalue weighted by atomic mass is 19.1. The standard InChI is InChI=1S/C20H24FNO/c1-3-22(2)14-6-13-20(17-9-11-18(21)12-10-17)19-8-5-4-7-16(19)15-23-20/h4-5,7-12H,3,6,13-15H2,1-2H3/t20-/m1/s1. The Morgan fingerprint density at radius 3 is 2.61 bits per heavy atom. The van der Waals surface area contributed by atoms with Gasteiger partial charge in [-0.25, -0.2) is 4.39 Å². The van der Waals surface area contributed by atoms with Gasteiger partial charge < -0.3 is 9.64 Å². The first-order chi connectivity index (χ1) is 11.2. The summed E-state index contributed by atoms with van der Waals surface area (Å²) in [7, 11) is 2.13. The molecule has 0 unspecified atom stereocenters. The maximum absolute atomic E-state index is 13.4. The van der Waals surface area contributed by atoms with Gasteiger partial charge in [0.25, 0.3) is 0 Å². The second-order valence-electron chi connectivity index (χ2n) is 6.28. The van der Waals surface area contributed by atoms with Gasteiger partial charge in [-0.15, -0.1) is 0 Å². The summed E-state index contributed by atoms with van der Waals surface area (Å²) >= 11 is 0. The van der Waals surface area contributed by atoms with Gasteiger partial charge >= 0.3 is 0 Å². The number of halogens is 1. The van der Waals surface area contributed by atoms with Crippen molar-refractivity contribution in [1.82, 2.24) is 4.90 Å². The van der Waals surface area contributed by atoms with E-state index in [1.54, 1.807) is 0 Å². The highest BCUT2D eigenvalue weighted by molar-refractivity contribution is 5.44. The molecule has 2 aromatic rings. The normalized spacial score (nSPS) is 20.0. The molecule has 122 valence electrons. The molecule has 1 aliphatic heterocycles. The highest BCUT2D eigenvalue weighted by Crippen LogP contribution is 2.45. The first-order valence-corrected chi connectivity index (χ1v) is 8.32. The Bertz CT molecular complexity index is 655. The number of hydrogen-bond donors (Lipinski definition) is 0. The molecular weight excluding hydrogens is 289 g/mol. The van der Waals surface area contributed by atoms with Crippen LogP contribution in [-0.2, 0) is 16.9 Å². The van der Waals surface area contributed by atoms with E-state index in [0.717, 1.165) is 31.5 Å². The van der Waals surface area contributed by atoms with Crippen LogP contribution in [0.2, 0.25) is 0 Å². The van der Waals surface area contributed by atoms with Crippen LogP contribution in [-0.4, -0.2) is 25.0 Å². The summed E-state index contributed by atoms with van der Waals surface area (Å²) in [6.45, 7) is 4.86. The van der Waals surface area contributed by atoms with Gasteiger partial charge in [0.2, 0.25) is 0 Å². The molecule has 0 amide bonds. The topological polar surface area (TPSA) is 12.5 Å². The second kappa shape index (κ2) is 6.81. The largest absolute Gasteiger partial charge is 0.361 e. The van der Waals surface area contributed by atoms with Crippen molar-refractivity contribution in [3.63, 3.8) is 0 Å². The molecule has 3 rings (SSSR count). The number of fused-ring (bicyclic) bond motifs is 1. The molecule has 0 fully saturated rings. The SMILES string of the molecule is CCN(C)CCC[C@]1(c2ccc(F)cc2)OCc2ccccc21. The van der Waals surface area contributed by atoms with Gasteiger partial charge in [0.15, 0.2) is 0 Å². The van der Waals surface area contributed by atoms with Crippen LogP contribution in [0.3, 0.4) is 0 Å². The third-order valence-corrected chi connectivity index (χ3v) is 4.85. The van der Waals surface area contributed by atoms with Crippen LogP contribution < -0.4 is 0 Å². The fourth-order valence-electron chi connectivity index (χ4n) is 3.38. The Balaban J connectivity index is 1.93. The summed E-state index contributed by atoms with van der Waals surface area (Å²) in [6.07, 6.45) is 1.94. The predicted octanol–water partition coefficient (Wildman–Crippen LogP) is 4.33. The summed E-state index contributed by atoms with van der Waals surface area (Å²) in [5.41, 5.74) is 3.06. The number of nitrogens with zero attached hydrogens (tertiary/aromatic N) is 1. The Kier molecular flexibility index (Phi) is 4.79. The van der Waals surface area contributed by atoms with Crippen molar-refractivity contribution in [2.45, 2.75) is 32.0 Å². The lowest BCUT2D eigenvalue weighted by Crippen LogP contribution is -2.29. The Labute approximate surface area is 137 Å². The van der Waals surface area contributed by atoms with E-state index in [2.05, 4.69) is 37.1 Å². The van der Waals surface area contributed by atoms with Gasteiger partial charge in [0.1, 0.15) is 11.4 Å². The number of rotatable bonds is 6. The van der Waals surface area contributed by atoms with Crippen LogP contribution in [0.1, 0.15) is 36.5 Å². The minimum absolute atomic E-state index is 0.208. The first-order valence-electron chi connectivity index (χ1n) is 8.32. The minimum Gasteiger partial charge on any atom is -0.361 e. The lowest BCUT2D eigenvalue weighted by atomic mass is 9.82. The second-order valence-corrected chi connectivity index (χ2v) is 6.28. The summed E-state index contributed by atoms with van der Waals surface area (Å²) in [4.78, 5) is 2.30. The van der Waals surface area contributed by atoms with E-state index in [9.17, 15) is 4.39 Å². The number of benzene rings is 2. The van der Waals surface area contributed by atoms with E-state index in [0.29, 0.717) is 6.61 Å². The van der Waals surface area contributed by atoms with E-state index in [4.69, 9.17) is 4.74 Å². The molecule has 1 atom stereocenters. The minimum atomic E-state index is -0.446. The highest BCUT2D eigenvalue weighted by Gasteiger charge is 2.41. The predicted molar refractivity (Wildman–Crippen MR) is 90.8 cm³/mol. The molecule has 0 aromatic heterocycles. The first kappa shape index (κ1) is 16.2. The number of ether oxygens (including phenoxy) is 1. The zero-order valence-electron chi connectivity index (χ0n) is 13.9. The van der Waals surface area contributed by atoms with E-state index in [1.165, 1.54) is 23.3 Å². The van der Waals surface area contributed by atoms with Gasteiger partial charge in [-0.2, -0.15) is 0 Å². The van der Waals surface area contributed by atoms with Crippen molar-refractivity contribution in [2.75, 3.05) is 20.1 Å². The fraction of sp³-hybridized carbons (Fsp3) is 0.400. The van der Waals surface area contributed by atoms with Crippen molar-refractivity contribution < 1.29 is 9.13 Å². The summed E-state index contributed by atoms with van der Waals surface area (Å²) < 4.78 is 19.7. The molecule has 1 aliphatic rings. The molecule has 3 heteroatoms. The van der Waals surface area contributed by atoms with Crippen LogP contribution in [0.5, 0.6) is 0 Å². The summed E-state index contributed by atoms with van der Waals surface area (Å²) in [5.74, 6) is -0.208. The summed E-state index contributed by atoms with van der Waals surface area (Å²) in [5, 5.41) is 0. The van der Waals surface area contributed by atoms with Crippen LogP contribution in [0.15, 0.2) is 48.5 Å². The van der Waals surface area contributed by atoms with Crippen molar-refractivity contribution in [3.8, 4) is 0 Å². The van der Waals surface area contributed by atoms with Crippen molar-refractivity contribution >= 4 is 0 Å². The zero-order chi connectivity index (χ0) is 16.3. The van der Waals surface area contributed by atoms with Gasteiger partial charge in [-0.05, 0) is 61.8 Å². The maximum Gasteiger partial charge on any atom is 0.123 e. The molecule has 2 aromatic carbocycles. The third kappa shape index (κ3) is 3.17. The zero-order valence-corrected chi connectivity index (χ0v) is 13.9. The Morgan fingerprint density at radius 1 is 1.13 bits per heavy atom. The van der Waals surface area contributed by atoms with Gasteiger partial charge in [-0.3, -0.25) is 0 Å². The van der Waals surface area contributed by atoms with Crippen LogP contribution in [0.4, 0.5) is 4.39 Å². The fourth-order valence-corrected chi connectivity index (χ4v) is 3.38. The van der Waals surface area contributed by atoms with Gasteiger partial charge in [0.05, 0.1) is 6.61 Å². The third-order valence-electron chi connectivity index (χ3n) is 4.85. The average molecular weight is 313 g/mol. The monoisotopic (exact) mass is 313 g/mol. The lowest BCUT2D eigenvalue weighted by Gasteiger charge is -2.31. The molecular formula is C20H24FNO. The van der Waals surface area contributed by atoms with E-state index >= 15 is 0 Å². The Hall–Kier alpha value is -1.71. The average Bonchev–Trinajstić information content (AvgIpc) is 2.95. The van der Waals surface area contributed by atoms with E-state index in [-0.39, 0.29) is 5.82 Å². The quantitative estimate of drug-likeness (QED) is 0.787. The molecule has 0 aliphatic carbocycles. The molecule has 0 saturated heterocycles. The van der Waals surface area contributed by atoms with Crippen molar-refractivity contribution in [2.24, 2.45) is 0 Å². The van der Waals surface area contributed by atoms with Crippen LogP contribution in [0.25, 0.3) is 0 Å².